The highest BCUT2D eigenvalue weighted by Gasteiger charge is 2.17. The van der Waals surface area contributed by atoms with Crippen molar-refractivity contribution in [3.8, 4) is 0 Å². The van der Waals surface area contributed by atoms with Crippen molar-refractivity contribution < 1.29 is 4.39 Å². The van der Waals surface area contributed by atoms with Gasteiger partial charge in [-0.05, 0) is 80.3 Å². The van der Waals surface area contributed by atoms with Crippen LogP contribution in [0.15, 0.2) is 112 Å². The Morgan fingerprint density at radius 2 is 1.37 bits per heavy atom. The Morgan fingerprint density at radius 1 is 0.805 bits per heavy atom. The number of hydrogen-bond donors (Lipinski definition) is 2. The zero-order chi connectivity index (χ0) is 30.8. The average Bonchev–Trinajstić information content (AvgIpc) is 3.33. The second-order valence-electron chi connectivity index (χ2n) is 9.52. The summed E-state index contributed by atoms with van der Waals surface area (Å²) in [4.78, 5) is 0. The number of hydrogen-bond acceptors (Lipinski definition) is 3. The molecule has 0 bridgehead atoms. The molecule has 0 aliphatic rings. The second kappa shape index (κ2) is 19.1. The van der Waals surface area contributed by atoms with E-state index in [0.717, 1.165) is 30.6 Å². The van der Waals surface area contributed by atoms with Gasteiger partial charge >= 0.3 is 0 Å². The SMILES string of the molecule is C=C.C=C.C=C(CC(NCc1ccc(CNC)cc1)n1ncc(C)c1C)c1ccccc1C.Cc1ccc(F)cc1. The van der Waals surface area contributed by atoms with Crippen LogP contribution in [0.2, 0.25) is 0 Å². The van der Waals surface area contributed by atoms with Gasteiger partial charge in [-0.2, -0.15) is 5.10 Å². The normalized spacial score (nSPS) is 10.6. The van der Waals surface area contributed by atoms with Crippen molar-refractivity contribution in [2.75, 3.05) is 7.05 Å². The van der Waals surface area contributed by atoms with E-state index in [9.17, 15) is 4.39 Å². The summed E-state index contributed by atoms with van der Waals surface area (Å²) in [7, 11) is 1.97. The lowest BCUT2D eigenvalue weighted by atomic mass is 9.98. The van der Waals surface area contributed by atoms with E-state index in [4.69, 9.17) is 0 Å². The third-order valence-corrected chi connectivity index (χ3v) is 6.51. The summed E-state index contributed by atoms with van der Waals surface area (Å²) in [5.74, 6) is -0.171. The van der Waals surface area contributed by atoms with Gasteiger partial charge in [0.1, 0.15) is 12.0 Å². The van der Waals surface area contributed by atoms with Crippen molar-refractivity contribution in [2.24, 2.45) is 0 Å². The minimum atomic E-state index is -0.171. The zero-order valence-corrected chi connectivity index (χ0v) is 25.5. The molecule has 0 fully saturated rings. The van der Waals surface area contributed by atoms with Crippen molar-refractivity contribution >= 4 is 5.57 Å². The molecule has 1 atom stereocenters. The second-order valence-corrected chi connectivity index (χ2v) is 9.52. The van der Waals surface area contributed by atoms with Crippen LogP contribution in [0.3, 0.4) is 0 Å². The van der Waals surface area contributed by atoms with Gasteiger partial charge in [-0.3, -0.25) is 10.00 Å². The standard InChI is InChI=1S/C25H32N4.C7H7F.2C2H4/c1-18-8-6-7-9-24(18)19(2)14-25(29-21(4)20(3)15-28-29)27-17-23-12-10-22(11-13-23)16-26-5;1-6-2-4-7(8)5-3-6;2*1-2/h6-13,15,25-27H,2,14,16-17H2,1,3-5H3;2-5H,1H3;2*1-2H2. The van der Waals surface area contributed by atoms with Crippen molar-refractivity contribution in [2.45, 2.75) is 53.4 Å². The highest BCUT2D eigenvalue weighted by Crippen LogP contribution is 2.26. The Hall–Kier alpha value is -4.06. The number of nitrogens with zero attached hydrogens (tertiary/aromatic N) is 2. The molecule has 0 amide bonds. The fourth-order valence-electron chi connectivity index (χ4n) is 4.13. The summed E-state index contributed by atoms with van der Waals surface area (Å²) in [5, 5.41) is 11.5. The molecule has 1 aromatic heterocycles. The third-order valence-electron chi connectivity index (χ3n) is 6.51. The summed E-state index contributed by atoms with van der Waals surface area (Å²) in [6.45, 7) is 26.4. The van der Waals surface area contributed by atoms with Crippen LogP contribution in [0.4, 0.5) is 4.39 Å². The van der Waals surface area contributed by atoms with Gasteiger partial charge in [-0.15, -0.1) is 26.3 Å². The molecule has 0 aliphatic carbocycles. The van der Waals surface area contributed by atoms with Crippen molar-refractivity contribution in [3.05, 3.63) is 157 Å². The molecule has 218 valence electrons. The largest absolute Gasteiger partial charge is 0.316 e. The van der Waals surface area contributed by atoms with Gasteiger partial charge in [-0.25, -0.2) is 4.39 Å². The Kier molecular flexibility index (Phi) is 16.3. The molecular formula is C36H47FN4. The first-order valence-electron chi connectivity index (χ1n) is 13.7. The molecule has 4 aromatic rings. The Bertz CT molecular complexity index is 1280. The number of aryl methyl sites for hydroxylation is 3. The number of halogens is 1. The summed E-state index contributed by atoms with van der Waals surface area (Å²) in [6.07, 6.45) is 2.78. The molecule has 0 radical (unpaired) electrons. The Balaban J connectivity index is 0.000000590. The van der Waals surface area contributed by atoms with Crippen LogP contribution in [0.25, 0.3) is 5.57 Å². The maximum atomic E-state index is 12.1. The molecule has 1 unspecified atom stereocenters. The van der Waals surface area contributed by atoms with Gasteiger partial charge in [0.05, 0.1) is 6.20 Å². The number of rotatable bonds is 9. The molecule has 5 heteroatoms. The highest BCUT2D eigenvalue weighted by molar-refractivity contribution is 5.66. The van der Waals surface area contributed by atoms with Crippen molar-refractivity contribution in [1.29, 1.82) is 0 Å². The minimum Gasteiger partial charge on any atom is -0.316 e. The van der Waals surface area contributed by atoms with E-state index in [0.29, 0.717) is 0 Å². The van der Waals surface area contributed by atoms with Gasteiger partial charge in [0.15, 0.2) is 0 Å². The van der Waals surface area contributed by atoms with Gasteiger partial charge in [0.2, 0.25) is 0 Å². The van der Waals surface area contributed by atoms with Crippen molar-refractivity contribution in [1.82, 2.24) is 20.4 Å². The topological polar surface area (TPSA) is 41.9 Å². The molecule has 4 rings (SSSR count). The molecule has 0 spiro atoms. The van der Waals surface area contributed by atoms with E-state index in [1.54, 1.807) is 12.1 Å². The van der Waals surface area contributed by atoms with Crippen LogP contribution >= 0.6 is 0 Å². The quantitative estimate of drug-likeness (QED) is 0.203. The lowest BCUT2D eigenvalue weighted by Crippen LogP contribution is -2.28. The summed E-state index contributed by atoms with van der Waals surface area (Å²) in [6, 6.07) is 23.6. The van der Waals surface area contributed by atoms with E-state index in [2.05, 4.69) is 123 Å². The highest BCUT2D eigenvalue weighted by atomic mass is 19.1. The van der Waals surface area contributed by atoms with Crippen LogP contribution in [0, 0.1) is 33.5 Å². The first-order valence-corrected chi connectivity index (χ1v) is 13.7. The van der Waals surface area contributed by atoms with E-state index in [-0.39, 0.29) is 12.0 Å². The number of benzene rings is 3. The molecule has 4 nitrogen and oxygen atoms in total. The zero-order valence-electron chi connectivity index (χ0n) is 25.5. The Labute approximate surface area is 247 Å². The van der Waals surface area contributed by atoms with Gasteiger partial charge in [0.25, 0.3) is 0 Å². The fraction of sp³-hybridized carbons (Fsp3) is 0.250. The van der Waals surface area contributed by atoms with E-state index in [1.807, 2.05) is 20.2 Å². The van der Waals surface area contributed by atoms with Gasteiger partial charge in [-0.1, -0.05) is 72.8 Å². The molecule has 2 N–H and O–H groups in total. The summed E-state index contributed by atoms with van der Waals surface area (Å²) >= 11 is 0. The Morgan fingerprint density at radius 3 is 1.85 bits per heavy atom. The lowest BCUT2D eigenvalue weighted by molar-refractivity contribution is 0.368. The monoisotopic (exact) mass is 554 g/mol. The van der Waals surface area contributed by atoms with E-state index in [1.165, 1.54) is 45.6 Å². The molecular weight excluding hydrogens is 507 g/mol. The van der Waals surface area contributed by atoms with Gasteiger partial charge < -0.3 is 5.32 Å². The van der Waals surface area contributed by atoms with Crippen LogP contribution < -0.4 is 10.6 Å². The first-order chi connectivity index (χ1) is 19.8. The van der Waals surface area contributed by atoms with E-state index < -0.39 is 0 Å². The minimum absolute atomic E-state index is 0.0489. The molecule has 41 heavy (non-hydrogen) atoms. The summed E-state index contributed by atoms with van der Waals surface area (Å²) in [5.41, 5.74) is 9.63. The fourth-order valence-corrected chi connectivity index (χ4v) is 4.13. The lowest BCUT2D eigenvalue weighted by Gasteiger charge is -2.23. The molecule has 3 aromatic carbocycles. The molecule has 0 saturated heterocycles. The van der Waals surface area contributed by atoms with Gasteiger partial charge in [0, 0.05) is 25.2 Å². The predicted molar refractivity (Wildman–Crippen MR) is 175 cm³/mol. The third kappa shape index (κ3) is 11.5. The smallest absolute Gasteiger partial charge is 0.123 e. The maximum Gasteiger partial charge on any atom is 0.123 e. The molecule has 1 heterocycles. The summed E-state index contributed by atoms with van der Waals surface area (Å²) < 4.78 is 14.2. The van der Waals surface area contributed by atoms with Crippen LogP contribution in [0.1, 0.15) is 51.7 Å². The number of aromatic nitrogens is 2. The van der Waals surface area contributed by atoms with Crippen LogP contribution in [0.5, 0.6) is 0 Å². The average molecular weight is 555 g/mol. The van der Waals surface area contributed by atoms with Crippen LogP contribution in [-0.4, -0.2) is 16.8 Å². The van der Waals surface area contributed by atoms with E-state index >= 15 is 0 Å². The first kappa shape index (κ1) is 35.0. The maximum absolute atomic E-state index is 12.1. The molecule has 0 aliphatic heterocycles. The predicted octanol–water partition coefficient (Wildman–Crippen LogP) is 8.66. The molecule has 0 saturated carbocycles. The van der Waals surface area contributed by atoms with Crippen LogP contribution in [-0.2, 0) is 13.1 Å². The number of nitrogens with one attached hydrogen (secondary N) is 2. The van der Waals surface area contributed by atoms with Crippen molar-refractivity contribution in [3.63, 3.8) is 0 Å².